The molecule has 0 aliphatic rings. The minimum Gasteiger partial charge on any atom is -0.497 e. The Morgan fingerprint density at radius 3 is 2.48 bits per heavy atom. The highest BCUT2D eigenvalue weighted by atomic mass is 32.2. The molecule has 0 amide bonds. The van der Waals surface area contributed by atoms with Crippen molar-refractivity contribution in [3.8, 4) is 17.1 Å². The van der Waals surface area contributed by atoms with Crippen molar-refractivity contribution in [1.82, 2.24) is 14.8 Å². The number of methoxy groups -OCH3 is 1. The SMILES string of the molecule is COc1ccc(-c2nnc(S[C@@H](C)C(=O)c3cc(C)ccc3C)n2C)cc1. The molecule has 2 aromatic carbocycles. The fourth-order valence-electron chi connectivity index (χ4n) is 2.84. The monoisotopic (exact) mass is 381 g/mol. The Morgan fingerprint density at radius 2 is 1.81 bits per heavy atom. The highest BCUT2D eigenvalue weighted by Gasteiger charge is 2.22. The van der Waals surface area contributed by atoms with E-state index in [0.717, 1.165) is 33.8 Å². The summed E-state index contributed by atoms with van der Waals surface area (Å²) in [7, 11) is 3.55. The number of aromatic nitrogens is 3. The Balaban J connectivity index is 1.80. The van der Waals surface area contributed by atoms with Crippen LogP contribution in [0.5, 0.6) is 5.75 Å². The summed E-state index contributed by atoms with van der Waals surface area (Å²) in [6.07, 6.45) is 0. The summed E-state index contributed by atoms with van der Waals surface area (Å²) in [5, 5.41) is 9.04. The molecule has 0 N–H and O–H groups in total. The van der Waals surface area contributed by atoms with E-state index in [0.29, 0.717) is 5.16 Å². The summed E-state index contributed by atoms with van der Waals surface area (Å²) in [6, 6.07) is 13.6. The number of nitrogens with zero attached hydrogens (tertiary/aromatic N) is 3. The molecule has 0 unspecified atom stereocenters. The van der Waals surface area contributed by atoms with Crippen molar-refractivity contribution in [1.29, 1.82) is 0 Å². The third-order valence-corrected chi connectivity index (χ3v) is 5.63. The summed E-state index contributed by atoms with van der Waals surface area (Å²) < 4.78 is 7.11. The van der Waals surface area contributed by atoms with Crippen molar-refractivity contribution in [2.75, 3.05) is 7.11 Å². The van der Waals surface area contributed by atoms with Gasteiger partial charge in [-0.05, 0) is 56.7 Å². The van der Waals surface area contributed by atoms with Crippen molar-refractivity contribution in [3.05, 3.63) is 59.2 Å². The number of carbonyl (C=O) groups is 1. The minimum absolute atomic E-state index is 0.107. The van der Waals surface area contributed by atoms with Gasteiger partial charge >= 0.3 is 0 Å². The lowest BCUT2D eigenvalue weighted by atomic mass is 10.0. The van der Waals surface area contributed by atoms with Gasteiger partial charge < -0.3 is 9.30 Å². The standard InChI is InChI=1S/C21H23N3O2S/c1-13-6-7-14(2)18(12-13)19(25)15(3)27-21-23-22-20(24(21)4)16-8-10-17(26-5)11-9-16/h6-12,15H,1-5H3/t15-/m0/s1. The number of ketones is 1. The van der Waals surface area contributed by atoms with Gasteiger partial charge in [0, 0.05) is 18.2 Å². The second-order valence-corrected chi connectivity index (χ2v) is 7.84. The first-order valence-electron chi connectivity index (χ1n) is 8.72. The average molecular weight is 382 g/mol. The number of carbonyl (C=O) groups excluding carboxylic acids is 1. The van der Waals surface area contributed by atoms with Gasteiger partial charge in [0.05, 0.1) is 12.4 Å². The normalized spacial score (nSPS) is 12.0. The van der Waals surface area contributed by atoms with Gasteiger partial charge in [-0.1, -0.05) is 29.5 Å². The quantitative estimate of drug-likeness (QED) is 0.466. The van der Waals surface area contributed by atoms with E-state index in [1.165, 1.54) is 11.8 Å². The molecule has 27 heavy (non-hydrogen) atoms. The van der Waals surface area contributed by atoms with Crippen LogP contribution in [0, 0.1) is 13.8 Å². The predicted molar refractivity (Wildman–Crippen MR) is 109 cm³/mol. The molecule has 6 heteroatoms. The average Bonchev–Trinajstić information content (AvgIpc) is 3.03. The second kappa shape index (κ2) is 7.96. The fourth-order valence-corrected chi connectivity index (χ4v) is 3.72. The number of rotatable bonds is 6. The van der Waals surface area contributed by atoms with Crippen molar-refractivity contribution in [2.45, 2.75) is 31.2 Å². The topological polar surface area (TPSA) is 57.0 Å². The van der Waals surface area contributed by atoms with E-state index >= 15 is 0 Å². The lowest BCUT2D eigenvalue weighted by Crippen LogP contribution is -2.16. The van der Waals surface area contributed by atoms with Gasteiger partial charge in [0.2, 0.25) is 0 Å². The molecule has 1 aromatic heterocycles. The van der Waals surface area contributed by atoms with Crippen LogP contribution in [0.15, 0.2) is 47.6 Å². The van der Waals surface area contributed by atoms with Crippen LogP contribution in [-0.2, 0) is 7.05 Å². The van der Waals surface area contributed by atoms with Gasteiger partial charge in [-0.3, -0.25) is 4.79 Å². The molecule has 0 fully saturated rings. The Labute approximate surface area is 163 Å². The van der Waals surface area contributed by atoms with Gasteiger partial charge in [-0.15, -0.1) is 10.2 Å². The van der Waals surface area contributed by atoms with E-state index in [4.69, 9.17) is 4.74 Å². The molecule has 0 saturated heterocycles. The lowest BCUT2D eigenvalue weighted by molar-refractivity contribution is 0.0993. The molecule has 1 atom stereocenters. The molecular weight excluding hydrogens is 358 g/mol. The Morgan fingerprint density at radius 1 is 1.11 bits per heavy atom. The van der Waals surface area contributed by atoms with Crippen molar-refractivity contribution in [3.63, 3.8) is 0 Å². The largest absolute Gasteiger partial charge is 0.497 e. The molecule has 5 nitrogen and oxygen atoms in total. The van der Waals surface area contributed by atoms with Crippen LogP contribution in [-0.4, -0.2) is 32.9 Å². The maximum absolute atomic E-state index is 12.9. The molecule has 3 aromatic rings. The van der Waals surface area contributed by atoms with Crippen LogP contribution in [0.4, 0.5) is 0 Å². The molecule has 1 heterocycles. The van der Waals surface area contributed by atoms with Gasteiger partial charge in [-0.25, -0.2) is 0 Å². The number of thioether (sulfide) groups is 1. The first-order chi connectivity index (χ1) is 12.9. The number of benzene rings is 2. The highest BCUT2D eigenvalue weighted by Crippen LogP contribution is 2.28. The van der Waals surface area contributed by atoms with Gasteiger partial charge in [0.1, 0.15) is 5.75 Å². The summed E-state index contributed by atoms with van der Waals surface area (Å²) in [6.45, 7) is 5.88. The zero-order valence-corrected chi connectivity index (χ0v) is 17.0. The van der Waals surface area contributed by atoms with Crippen molar-refractivity contribution >= 4 is 17.5 Å². The Hall–Kier alpha value is -2.60. The number of hydrogen-bond donors (Lipinski definition) is 0. The molecule has 3 rings (SSSR count). The molecule has 0 aliphatic heterocycles. The summed E-state index contributed by atoms with van der Waals surface area (Å²) in [5.41, 5.74) is 3.80. The van der Waals surface area contributed by atoms with Crippen LogP contribution < -0.4 is 4.74 Å². The zero-order chi connectivity index (χ0) is 19.6. The molecule has 0 radical (unpaired) electrons. The fraction of sp³-hybridized carbons (Fsp3) is 0.286. The molecule has 0 saturated carbocycles. The van der Waals surface area contributed by atoms with E-state index < -0.39 is 0 Å². The predicted octanol–water partition coefficient (Wildman–Crippen LogP) is 4.47. The lowest BCUT2D eigenvalue weighted by Gasteiger charge is -2.12. The van der Waals surface area contributed by atoms with Crippen LogP contribution in [0.25, 0.3) is 11.4 Å². The van der Waals surface area contributed by atoms with Crippen LogP contribution in [0.2, 0.25) is 0 Å². The smallest absolute Gasteiger partial charge is 0.191 e. The summed E-state index contributed by atoms with van der Waals surface area (Å²) in [5.74, 6) is 1.66. The van der Waals surface area contributed by atoms with E-state index in [2.05, 4.69) is 10.2 Å². The molecule has 140 valence electrons. The van der Waals surface area contributed by atoms with Gasteiger partial charge in [0.25, 0.3) is 0 Å². The van der Waals surface area contributed by atoms with Crippen LogP contribution in [0.1, 0.15) is 28.4 Å². The van der Waals surface area contributed by atoms with Crippen molar-refractivity contribution in [2.24, 2.45) is 7.05 Å². The van der Waals surface area contributed by atoms with Gasteiger partial charge in [-0.2, -0.15) is 0 Å². The number of ether oxygens (including phenoxy) is 1. The highest BCUT2D eigenvalue weighted by molar-refractivity contribution is 8.00. The summed E-state index contributed by atoms with van der Waals surface area (Å²) >= 11 is 1.43. The van der Waals surface area contributed by atoms with Gasteiger partial charge in [0.15, 0.2) is 16.8 Å². The van der Waals surface area contributed by atoms with E-state index in [1.54, 1.807) is 7.11 Å². The van der Waals surface area contributed by atoms with Crippen LogP contribution >= 0.6 is 11.8 Å². The maximum Gasteiger partial charge on any atom is 0.191 e. The second-order valence-electron chi connectivity index (χ2n) is 6.54. The molecule has 0 spiro atoms. The zero-order valence-electron chi connectivity index (χ0n) is 16.2. The first kappa shape index (κ1) is 19.2. The van der Waals surface area contributed by atoms with Crippen molar-refractivity contribution < 1.29 is 9.53 Å². The Kier molecular flexibility index (Phi) is 5.65. The number of hydrogen-bond acceptors (Lipinski definition) is 5. The molecular formula is C21H23N3O2S. The summed E-state index contributed by atoms with van der Waals surface area (Å²) in [4.78, 5) is 12.9. The first-order valence-corrected chi connectivity index (χ1v) is 9.60. The Bertz CT molecular complexity index is 964. The third-order valence-electron chi connectivity index (χ3n) is 4.49. The number of aryl methyl sites for hydroxylation is 2. The molecule has 0 bridgehead atoms. The van der Waals surface area contributed by atoms with E-state index in [1.807, 2.05) is 74.9 Å². The van der Waals surface area contributed by atoms with E-state index in [-0.39, 0.29) is 11.0 Å². The molecule has 0 aliphatic carbocycles. The van der Waals surface area contributed by atoms with E-state index in [9.17, 15) is 4.79 Å². The number of Topliss-reactive ketones (excluding diaryl/α,β-unsaturated/α-hetero) is 1. The minimum atomic E-state index is -0.253. The van der Waals surface area contributed by atoms with Crippen LogP contribution in [0.3, 0.4) is 0 Å². The third kappa shape index (κ3) is 4.06. The maximum atomic E-state index is 12.9.